The van der Waals surface area contributed by atoms with Crippen LogP contribution in [0.5, 0.6) is 0 Å². The molecule has 1 aliphatic heterocycles. The second-order valence-corrected chi connectivity index (χ2v) is 6.28. The SMILES string of the molecule is Cn1ncc(NC2CCN(C(=O)c3ccco3)CC2)c(Br)c1=O. The second-order valence-electron chi connectivity index (χ2n) is 5.49. The predicted octanol–water partition coefficient (Wildman–Crippen LogP) is 1.85. The van der Waals surface area contributed by atoms with E-state index < -0.39 is 0 Å². The molecule has 0 aliphatic carbocycles. The largest absolute Gasteiger partial charge is 0.459 e. The van der Waals surface area contributed by atoms with Gasteiger partial charge in [-0.15, -0.1) is 0 Å². The number of likely N-dealkylation sites (tertiary alicyclic amines) is 1. The van der Waals surface area contributed by atoms with Gasteiger partial charge in [0, 0.05) is 26.2 Å². The van der Waals surface area contributed by atoms with E-state index in [1.165, 1.54) is 10.9 Å². The van der Waals surface area contributed by atoms with Gasteiger partial charge >= 0.3 is 0 Å². The van der Waals surface area contributed by atoms with Crippen molar-refractivity contribution in [2.24, 2.45) is 7.05 Å². The maximum absolute atomic E-state index is 12.2. The molecule has 0 bridgehead atoms. The van der Waals surface area contributed by atoms with Crippen LogP contribution in [0.1, 0.15) is 23.4 Å². The van der Waals surface area contributed by atoms with Crippen LogP contribution in [0.15, 0.2) is 38.3 Å². The van der Waals surface area contributed by atoms with Gasteiger partial charge in [-0.25, -0.2) is 4.68 Å². The summed E-state index contributed by atoms with van der Waals surface area (Å²) in [5.74, 6) is 0.291. The summed E-state index contributed by atoms with van der Waals surface area (Å²) < 4.78 is 6.91. The lowest BCUT2D eigenvalue weighted by Gasteiger charge is -2.32. The average Bonchev–Trinajstić information content (AvgIpc) is 3.10. The third kappa shape index (κ3) is 3.31. The monoisotopic (exact) mass is 380 g/mol. The van der Waals surface area contributed by atoms with E-state index in [9.17, 15) is 9.59 Å². The van der Waals surface area contributed by atoms with Gasteiger partial charge in [-0.2, -0.15) is 5.10 Å². The minimum atomic E-state index is -0.180. The average molecular weight is 381 g/mol. The molecule has 1 amide bonds. The highest BCUT2D eigenvalue weighted by Crippen LogP contribution is 2.21. The summed E-state index contributed by atoms with van der Waals surface area (Å²) in [6, 6.07) is 3.58. The smallest absolute Gasteiger partial charge is 0.289 e. The third-order valence-corrected chi connectivity index (χ3v) is 4.72. The number of hydrogen-bond acceptors (Lipinski definition) is 5. The Labute approximate surface area is 141 Å². The van der Waals surface area contributed by atoms with Crippen molar-refractivity contribution < 1.29 is 9.21 Å². The number of halogens is 1. The molecule has 0 unspecified atom stereocenters. The van der Waals surface area contributed by atoms with Crippen molar-refractivity contribution in [2.75, 3.05) is 18.4 Å². The molecule has 23 heavy (non-hydrogen) atoms. The Kier molecular flexibility index (Phi) is 4.51. The van der Waals surface area contributed by atoms with E-state index in [0.29, 0.717) is 29.0 Å². The van der Waals surface area contributed by atoms with Crippen molar-refractivity contribution >= 4 is 27.5 Å². The number of anilines is 1. The molecule has 7 nitrogen and oxygen atoms in total. The van der Waals surface area contributed by atoms with E-state index in [0.717, 1.165) is 12.8 Å². The zero-order valence-corrected chi connectivity index (χ0v) is 14.2. The molecule has 1 aliphatic rings. The van der Waals surface area contributed by atoms with E-state index in [1.54, 1.807) is 30.3 Å². The van der Waals surface area contributed by atoms with Crippen LogP contribution in [0.2, 0.25) is 0 Å². The van der Waals surface area contributed by atoms with Crippen LogP contribution >= 0.6 is 15.9 Å². The van der Waals surface area contributed by atoms with Gasteiger partial charge in [0.15, 0.2) is 5.76 Å². The van der Waals surface area contributed by atoms with Gasteiger partial charge in [0.1, 0.15) is 4.47 Å². The lowest BCUT2D eigenvalue weighted by atomic mass is 10.0. The van der Waals surface area contributed by atoms with Crippen LogP contribution < -0.4 is 10.9 Å². The number of carbonyl (C=O) groups is 1. The molecule has 0 saturated carbocycles. The zero-order chi connectivity index (χ0) is 16.4. The Morgan fingerprint density at radius 2 is 2.17 bits per heavy atom. The van der Waals surface area contributed by atoms with Crippen LogP contribution in [0, 0.1) is 0 Å². The molecule has 0 radical (unpaired) electrons. The van der Waals surface area contributed by atoms with Gasteiger partial charge in [-0.05, 0) is 40.9 Å². The molecular weight excluding hydrogens is 364 g/mol. The summed E-state index contributed by atoms with van der Waals surface area (Å²) >= 11 is 3.31. The highest BCUT2D eigenvalue weighted by atomic mass is 79.9. The maximum atomic E-state index is 12.2. The number of aromatic nitrogens is 2. The Morgan fingerprint density at radius 1 is 1.43 bits per heavy atom. The summed E-state index contributed by atoms with van der Waals surface area (Å²) in [5.41, 5.74) is 0.504. The molecule has 0 aromatic carbocycles. The van der Waals surface area contributed by atoms with Gasteiger partial charge in [0.2, 0.25) is 0 Å². The number of amides is 1. The van der Waals surface area contributed by atoms with E-state index in [1.807, 2.05) is 0 Å². The normalized spacial score (nSPS) is 15.7. The Balaban J connectivity index is 1.61. The zero-order valence-electron chi connectivity index (χ0n) is 12.7. The molecule has 1 fully saturated rings. The standard InChI is InChI=1S/C15H17BrN4O3/c1-19-15(22)13(16)11(9-17-19)18-10-4-6-20(7-5-10)14(21)12-3-2-8-23-12/h2-3,8-10,18H,4-7H2,1H3. The number of nitrogens with zero attached hydrogens (tertiary/aromatic N) is 3. The molecule has 3 rings (SSSR count). The number of furan rings is 1. The first-order valence-electron chi connectivity index (χ1n) is 7.37. The van der Waals surface area contributed by atoms with E-state index in [2.05, 4.69) is 26.3 Å². The summed E-state index contributed by atoms with van der Waals surface area (Å²) in [6.45, 7) is 1.29. The van der Waals surface area contributed by atoms with Crippen molar-refractivity contribution in [3.8, 4) is 0 Å². The highest BCUT2D eigenvalue weighted by Gasteiger charge is 2.25. The number of piperidine rings is 1. The fraction of sp³-hybridized carbons (Fsp3) is 0.400. The number of carbonyl (C=O) groups excluding carboxylic acids is 1. The summed E-state index contributed by atoms with van der Waals surface area (Å²) in [6.07, 6.45) is 4.73. The first-order chi connectivity index (χ1) is 11.1. The number of aryl methyl sites for hydroxylation is 1. The fourth-order valence-corrected chi connectivity index (χ4v) is 3.09. The van der Waals surface area contributed by atoms with E-state index in [-0.39, 0.29) is 17.5 Å². The number of rotatable bonds is 3. The second kappa shape index (κ2) is 6.57. The van der Waals surface area contributed by atoms with Gasteiger partial charge in [0.25, 0.3) is 11.5 Å². The van der Waals surface area contributed by atoms with E-state index in [4.69, 9.17) is 4.42 Å². The van der Waals surface area contributed by atoms with Crippen molar-refractivity contribution in [2.45, 2.75) is 18.9 Å². The summed E-state index contributed by atoms with van der Waals surface area (Å²) in [4.78, 5) is 25.9. The van der Waals surface area contributed by atoms with Crippen molar-refractivity contribution in [1.82, 2.24) is 14.7 Å². The molecule has 8 heteroatoms. The summed E-state index contributed by atoms with van der Waals surface area (Å²) in [7, 11) is 1.61. The third-order valence-electron chi connectivity index (χ3n) is 3.95. The molecule has 3 heterocycles. The molecule has 122 valence electrons. The Hall–Kier alpha value is -2.09. The van der Waals surface area contributed by atoms with Crippen LogP contribution in [0.25, 0.3) is 0 Å². The lowest BCUT2D eigenvalue weighted by molar-refractivity contribution is 0.0686. The molecule has 1 N–H and O–H groups in total. The Bertz CT molecular complexity index is 749. The van der Waals surface area contributed by atoms with Crippen molar-refractivity contribution in [1.29, 1.82) is 0 Å². The molecule has 0 spiro atoms. The summed E-state index contributed by atoms with van der Waals surface area (Å²) in [5, 5.41) is 7.34. The Morgan fingerprint density at radius 3 is 2.83 bits per heavy atom. The molecule has 2 aromatic rings. The quantitative estimate of drug-likeness (QED) is 0.878. The van der Waals surface area contributed by atoms with Crippen molar-refractivity contribution in [3.05, 3.63) is 45.2 Å². The molecule has 0 atom stereocenters. The van der Waals surface area contributed by atoms with Crippen LogP contribution in [0.4, 0.5) is 5.69 Å². The molecule has 2 aromatic heterocycles. The van der Waals surface area contributed by atoms with Crippen LogP contribution in [-0.4, -0.2) is 39.7 Å². The maximum Gasteiger partial charge on any atom is 0.289 e. The number of nitrogens with one attached hydrogen (secondary N) is 1. The molecular formula is C15H17BrN4O3. The minimum absolute atomic E-state index is 0.0788. The minimum Gasteiger partial charge on any atom is -0.459 e. The highest BCUT2D eigenvalue weighted by molar-refractivity contribution is 9.10. The van der Waals surface area contributed by atoms with Crippen LogP contribution in [-0.2, 0) is 7.05 Å². The lowest BCUT2D eigenvalue weighted by Crippen LogP contribution is -2.42. The number of hydrogen-bond donors (Lipinski definition) is 1. The van der Waals surface area contributed by atoms with Crippen LogP contribution in [0.3, 0.4) is 0 Å². The fourth-order valence-electron chi connectivity index (χ4n) is 2.61. The van der Waals surface area contributed by atoms with Crippen molar-refractivity contribution in [3.63, 3.8) is 0 Å². The van der Waals surface area contributed by atoms with Gasteiger partial charge in [-0.3, -0.25) is 9.59 Å². The van der Waals surface area contributed by atoms with E-state index >= 15 is 0 Å². The predicted molar refractivity (Wildman–Crippen MR) is 88.4 cm³/mol. The van der Waals surface area contributed by atoms with Gasteiger partial charge < -0.3 is 14.6 Å². The topological polar surface area (TPSA) is 80.4 Å². The molecule has 1 saturated heterocycles. The van der Waals surface area contributed by atoms with Gasteiger partial charge in [-0.1, -0.05) is 0 Å². The first-order valence-corrected chi connectivity index (χ1v) is 8.16. The first kappa shape index (κ1) is 15.8. The van der Waals surface area contributed by atoms with Gasteiger partial charge in [0.05, 0.1) is 18.1 Å².